The smallest absolute Gasteiger partial charge is 0.326 e. The van der Waals surface area contributed by atoms with Crippen LogP contribution < -0.4 is 15.1 Å². The summed E-state index contributed by atoms with van der Waals surface area (Å²) in [5.41, 5.74) is 3.02. The van der Waals surface area contributed by atoms with Crippen LogP contribution in [-0.2, 0) is 0 Å². The van der Waals surface area contributed by atoms with Gasteiger partial charge in [0.2, 0.25) is 0 Å². The number of benzene rings is 2. The van der Waals surface area contributed by atoms with Gasteiger partial charge < -0.3 is 10.2 Å². The molecule has 0 bridgehead atoms. The first-order valence-electron chi connectivity index (χ1n) is 7.82. The van der Waals surface area contributed by atoms with Gasteiger partial charge in [-0.1, -0.05) is 30.3 Å². The van der Waals surface area contributed by atoms with Gasteiger partial charge in [0.05, 0.1) is 11.4 Å². The summed E-state index contributed by atoms with van der Waals surface area (Å²) in [6, 6.07) is 18.2. The van der Waals surface area contributed by atoms with Crippen molar-refractivity contribution in [3.63, 3.8) is 0 Å². The highest BCUT2D eigenvalue weighted by Gasteiger charge is 2.36. The van der Waals surface area contributed by atoms with Gasteiger partial charge in [0, 0.05) is 24.8 Å². The Kier molecular flexibility index (Phi) is 3.22. The van der Waals surface area contributed by atoms with Crippen LogP contribution in [0.4, 0.5) is 21.9 Å². The molecule has 2 amide bonds. The van der Waals surface area contributed by atoms with E-state index in [9.17, 15) is 4.79 Å². The number of hydrogen-bond acceptors (Lipinski definition) is 2. The average molecular weight is 293 g/mol. The van der Waals surface area contributed by atoms with Crippen LogP contribution >= 0.6 is 0 Å². The maximum Gasteiger partial charge on any atom is 0.326 e. The van der Waals surface area contributed by atoms with Crippen molar-refractivity contribution in [2.75, 3.05) is 28.2 Å². The molecule has 4 rings (SSSR count). The molecule has 1 saturated heterocycles. The molecule has 2 aromatic carbocycles. The number of carbonyl (C=O) groups excluding carboxylic acids is 1. The highest BCUT2D eigenvalue weighted by molar-refractivity contribution is 6.04. The van der Waals surface area contributed by atoms with Crippen molar-refractivity contribution in [3.05, 3.63) is 54.6 Å². The molecular weight excluding hydrogens is 274 g/mol. The predicted molar refractivity (Wildman–Crippen MR) is 89.6 cm³/mol. The topological polar surface area (TPSA) is 35.6 Å². The minimum atomic E-state index is -0.0507. The molecule has 1 N–H and O–H groups in total. The van der Waals surface area contributed by atoms with Crippen LogP contribution in [0.5, 0.6) is 0 Å². The van der Waals surface area contributed by atoms with Crippen LogP contribution in [0.3, 0.4) is 0 Å². The Morgan fingerprint density at radius 2 is 1.73 bits per heavy atom. The lowest BCUT2D eigenvalue weighted by molar-refractivity contribution is 0.256. The maximum atomic E-state index is 12.7. The van der Waals surface area contributed by atoms with E-state index in [0.717, 1.165) is 30.9 Å². The third-order valence-corrected chi connectivity index (χ3v) is 4.52. The van der Waals surface area contributed by atoms with Gasteiger partial charge in [0.1, 0.15) is 0 Å². The Bertz CT molecular complexity index is 686. The number of amides is 2. The van der Waals surface area contributed by atoms with Gasteiger partial charge in [0.25, 0.3) is 0 Å². The Morgan fingerprint density at radius 1 is 1.00 bits per heavy atom. The Hall–Kier alpha value is -2.49. The molecule has 22 heavy (non-hydrogen) atoms. The van der Waals surface area contributed by atoms with Crippen molar-refractivity contribution in [3.8, 4) is 0 Å². The van der Waals surface area contributed by atoms with E-state index in [0.29, 0.717) is 6.04 Å². The first-order chi connectivity index (χ1) is 10.8. The van der Waals surface area contributed by atoms with E-state index < -0.39 is 0 Å². The van der Waals surface area contributed by atoms with Crippen molar-refractivity contribution < 1.29 is 4.79 Å². The van der Waals surface area contributed by atoms with Crippen LogP contribution in [0.1, 0.15) is 12.8 Å². The highest BCUT2D eigenvalue weighted by atomic mass is 16.2. The summed E-state index contributed by atoms with van der Waals surface area (Å²) in [6.07, 6.45) is 2.36. The monoisotopic (exact) mass is 293 g/mol. The lowest BCUT2D eigenvalue weighted by Crippen LogP contribution is -2.49. The van der Waals surface area contributed by atoms with Gasteiger partial charge >= 0.3 is 6.03 Å². The van der Waals surface area contributed by atoms with Crippen molar-refractivity contribution in [2.45, 2.75) is 18.9 Å². The van der Waals surface area contributed by atoms with Gasteiger partial charge in [0.15, 0.2) is 0 Å². The molecule has 2 heterocycles. The lowest BCUT2D eigenvalue weighted by atomic mass is 10.1. The summed E-state index contributed by atoms with van der Waals surface area (Å²) in [4.78, 5) is 17.0. The molecule has 1 fully saturated rings. The SMILES string of the molecule is O=C(Nc1ccccc1)N1CC2CCCN2c2ccccc21. The summed E-state index contributed by atoms with van der Waals surface area (Å²) < 4.78 is 0. The molecular formula is C18H19N3O. The first-order valence-corrected chi connectivity index (χ1v) is 7.82. The Labute approximate surface area is 130 Å². The van der Waals surface area contributed by atoms with Gasteiger partial charge in [-0.3, -0.25) is 4.90 Å². The second-order valence-corrected chi connectivity index (χ2v) is 5.88. The molecule has 0 saturated carbocycles. The maximum absolute atomic E-state index is 12.7. The summed E-state index contributed by atoms with van der Waals surface area (Å²) in [7, 11) is 0. The van der Waals surface area contributed by atoms with Crippen LogP contribution in [0.15, 0.2) is 54.6 Å². The zero-order chi connectivity index (χ0) is 14.9. The zero-order valence-electron chi connectivity index (χ0n) is 12.4. The highest BCUT2D eigenvalue weighted by Crippen LogP contribution is 2.39. The van der Waals surface area contributed by atoms with Crippen molar-refractivity contribution in [2.24, 2.45) is 0 Å². The van der Waals surface area contributed by atoms with Crippen LogP contribution in [0.25, 0.3) is 0 Å². The van der Waals surface area contributed by atoms with Crippen molar-refractivity contribution in [1.29, 1.82) is 0 Å². The number of fused-ring (bicyclic) bond motifs is 3. The van der Waals surface area contributed by atoms with Crippen LogP contribution in [-0.4, -0.2) is 25.2 Å². The quantitative estimate of drug-likeness (QED) is 0.870. The lowest BCUT2D eigenvalue weighted by Gasteiger charge is -2.40. The largest absolute Gasteiger partial charge is 0.365 e. The van der Waals surface area contributed by atoms with E-state index in [1.165, 1.54) is 12.1 Å². The summed E-state index contributed by atoms with van der Waals surface area (Å²) in [5.74, 6) is 0. The average Bonchev–Trinajstić information content (AvgIpc) is 3.04. The van der Waals surface area contributed by atoms with Gasteiger partial charge in [-0.05, 0) is 37.1 Å². The van der Waals surface area contributed by atoms with Gasteiger partial charge in [-0.2, -0.15) is 0 Å². The fourth-order valence-electron chi connectivity index (χ4n) is 3.49. The number of nitrogens with one attached hydrogen (secondary N) is 1. The fraction of sp³-hybridized carbons (Fsp3) is 0.278. The normalized spacial score (nSPS) is 19.5. The number of urea groups is 1. The third kappa shape index (κ3) is 2.21. The Balaban J connectivity index is 1.64. The summed E-state index contributed by atoms with van der Waals surface area (Å²) in [6.45, 7) is 1.85. The second-order valence-electron chi connectivity index (χ2n) is 5.88. The molecule has 4 heteroatoms. The molecule has 1 unspecified atom stereocenters. The molecule has 1 atom stereocenters. The number of rotatable bonds is 1. The zero-order valence-corrected chi connectivity index (χ0v) is 12.4. The van der Waals surface area contributed by atoms with Crippen molar-refractivity contribution in [1.82, 2.24) is 0 Å². The number of para-hydroxylation sites is 3. The van der Waals surface area contributed by atoms with E-state index in [1.54, 1.807) is 0 Å². The molecule has 2 aromatic rings. The van der Waals surface area contributed by atoms with E-state index in [1.807, 2.05) is 53.4 Å². The van der Waals surface area contributed by atoms with Crippen LogP contribution in [0, 0.1) is 0 Å². The standard InChI is InChI=1S/C18H19N3O/c22-18(19-14-7-2-1-3-8-14)21-13-15-9-6-12-20(15)16-10-4-5-11-17(16)21/h1-5,7-8,10-11,15H,6,9,12-13H2,(H,19,22). The van der Waals surface area contributed by atoms with Crippen LogP contribution in [0.2, 0.25) is 0 Å². The van der Waals surface area contributed by atoms with E-state index in [4.69, 9.17) is 0 Å². The van der Waals surface area contributed by atoms with Crippen molar-refractivity contribution >= 4 is 23.1 Å². The Morgan fingerprint density at radius 3 is 2.55 bits per heavy atom. The molecule has 0 aromatic heterocycles. The minimum Gasteiger partial charge on any atom is -0.365 e. The molecule has 0 spiro atoms. The number of carbonyl (C=O) groups is 1. The summed E-state index contributed by atoms with van der Waals surface area (Å²) in [5, 5.41) is 3.00. The van der Waals surface area contributed by atoms with Gasteiger partial charge in [-0.15, -0.1) is 0 Å². The second kappa shape index (κ2) is 5.37. The number of hydrogen-bond donors (Lipinski definition) is 1. The van der Waals surface area contributed by atoms with E-state index >= 15 is 0 Å². The van der Waals surface area contributed by atoms with E-state index in [-0.39, 0.29) is 6.03 Å². The minimum absolute atomic E-state index is 0.0507. The molecule has 2 aliphatic heterocycles. The number of anilines is 3. The summed E-state index contributed by atoms with van der Waals surface area (Å²) >= 11 is 0. The molecule has 4 nitrogen and oxygen atoms in total. The first kappa shape index (κ1) is 13.2. The van der Waals surface area contributed by atoms with Gasteiger partial charge in [-0.25, -0.2) is 4.79 Å². The molecule has 0 aliphatic carbocycles. The molecule has 112 valence electrons. The number of nitrogens with zero attached hydrogens (tertiary/aromatic N) is 2. The fourth-order valence-corrected chi connectivity index (χ4v) is 3.49. The molecule has 0 radical (unpaired) electrons. The molecule has 2 aliphatic rings. The predicted octanol–water partition coefficient (Wildman–Crippen LogP) is 3.71. The third-order valence-electron chi connectivity index (χ3n) is 4.52. The van der Waals surface area contributed by atoms with E-state index in [2.05, 4.69) is 16.3 Å².